The summed E-state index contributed by atoms with van der Waals surface area (Å²) in [6.45, 7) is 5.54. The van der Waals surface area contributed by atoms with E-state index in [-0.39, 0.29) is 5.70 Å². The molecule has 0 spiro atoms. The number of halogens is 3. The number of anilines is 1. The van der Waals surface area contributed by atoms with Crippen LogP contribution in [0, 0.1) is 10.7 Å². The first-order valence-electron chi connectivity index (χ1n) is 13.3. The van der Waals surface area contributed by atoms with Crippen LogP contribution in [-0.4, -0.2) is 66.7 Å². The van der Waals surface area contributed by atoms with Gasteiger partial charge >= 0.3 is 10.1 Å². The van der Waals surface area contributed by atoms with E-state index >= 15 is 0 Å². The summed E-state index contributed by atoms with van der Waals surface area (Å²) in [6, 6.07) is 8.47. The minimum atomic E-state index is -4.52. The molecular formula is C29H30I3N2O9S3+. The molecule has 0 saturated carbocycles. The zero-order valence-electron chi connectivity index (χ0n) is 24.6. The molecule has 2 aromatic carbocycles. The first-order chi connectivity index (χ1) is 21.1. The molecule has 4 rings (SSSR count). The van der Waals surface area contributed by atoms with Crippen LogP contribution in [0.1, 0.15) is 31.9 Å². The second kappa shape index (κ2) is 13.6. The third kappa shape index (κ3) is 8.14. The normalized spacial score (nSPS) is 21.0. The largest absolute Gasteiger partial charge is 0.327 e. The molecule has 0 aromatic heterocycles. The molecule has 248 valence electrons. The van der Waals surface area contributed by atoms with Crippen molar-refractivity contribution in [2.75, 3.05) is 22.4 Å². The Kier molecular flexibility index (Phi) is 11.1. The van der Waals surface area contributed by atoms with Crippen LogP contribution in [0.3, 0.4) is 0 Å². The summed E-state index contributed by atoms with van der Waals surface area (Å²) in [7, 11) is -13.4. The summed E-state index contributed by atoms with van der Waals surface area (Å²) in [6.07, 6.45) is 11.6. The number of benzene rings is 2. The standard InChI is InChI=1S/C29H29I3N2O9S3/c1-28(2)23(34(18-46(41,42)43)22-15-20(30)26(31)27(32)25(22)28)13-7-5-4-6-8-14-24-29(3,16-44(35,36)37)19-11-9-10-12-21(19)33(24)17-45(38,39)40/h4-15H,16-18H2,1-3H3,(H2-,35,36,37,38,39,40,41,42,43)/p+1. The van der Waals surface area contributed by atoms with Gasteiger partial charge in [-0.1, -0.05) is 48.6 Å². The van der Waals surface area contributed by atoms with Crippen LogP contribution in [-0.2, 0) is 41.2 Å². The number of hydrogen-bond donors (Lipinski definition) is 3. The molecule has 2 aliphatic rings. The van der Waals surface area contributed by atoms with E-state index in [2.05, 4.69) is 67.8 Å². The van der Waals surface area contributed by atoms with E-state index < -0.39 is 58.7 Å². The predicted molar refractivity (Wildman–Crippen MR) is 204 cm³/mol. The lowest BCUT2D eigenvalue weighted by Crippen LogP contribution is -2.36. The van der Waals surface area contributed by atoms with E-state index in [0.717, 1.165) is 16.3 Å². The number of nitrogens with zero attached hydrogens (tertiary/aromatic N) is 2. The van der Waals surface area contributed by atoms with Gasteiger partial charge in [0.15, 0.2) is 11.6 Å². The van der Waals surface area contributed by atoms with Gasteiger partial charge in [-0.2, -0.15) is 29.8 Å². The van der Waals surface area contributed by atoms with Gasteiger partial charge < -0.3 is 4.90 Å². The van der Waals surface area contributed by atoms with Gasteiger partial charge in [-0.15, -0.1) is 0 Å². The van der Waals surface area contributed by atoms with Gasteiger partial charge in [0.1, 0.15) is 0 Å². The van der Waals surface area contributed by atoms with Crippen molar-refractivity contribution in [1.82, 2.24) is 0 Å². The monoisotopic (exact) mass is 1030 g/mol. The Balaban J connectivity index is 1.69. The highest BCUT2D eigenvalue weighted by Gasteiger charge is 2.48. The quantitative estimate of drug-likeness (QED) is 0.0872. The van der Waals surface area contributed by atoms with E-state index in [1.54, 1.807) is 72.2 Å². The van der Waals surface area contributed by atoms with Crippen molar-refractivity contribution in [3.8, 4) is 0 Å². The molecule has 2 aliphatic heterocycles. The fourth-order valence-electron chi connectivity index (χ4n) is 5.91. The maximum atomic E-state index is 12.0. The average molecular weight is 1030 g/mol. The topological polar surface area (TPSA) is 169 Å². The number of rotatable bonds is 10. The Labute approximate surface area is 309 Å². The molecule has 1 atom stereocenters. The van der Waals surface area contributed by atoms with E-state index in [1.165, 1.54) is 11.0 Å². The lowest BCUT2D eigenvalue weighted by atomic mass is 9.81. The van der Waals surface area contributed by atoms with Crippen molar-refractivity contribution >= 4 is 115 Å². The summed E-state index contributed by atoms with van der Waals surface area (Å²) in [5.74, 6) is -2.15. The number of hydrogen-bond acceptors (Lipinski definition) is 7. The van der Waals surface area contributed by atoms with Crippen LogP contribution < -0.4 is 4.90 Å². The van der Waals surface area contributed by atoms with Gasteiger partial charge in [0, 0.05) is 34.2 Å². The zero-order valence-corrected chi connectivity index (χ0v) is 33.5. The third-order valence-electron chi connectivity index (χ3n) is 7.64. The molecule has 3 N–H and O–H groups in total. The van der Waals surface area contributed by atoms with E-state index in [4.69, 9.17) is 0 Å². The Bertz CT molecular complexity index is 2090. The highest BCUT2D eigenvalue weighted by Crippen LogP contribution is 2.49. The average Bonchev–Trinajstić information content (AvgIpc) is 3.23. The fraction of sp³-hybridized carbons (Fsp3) is 0.276. The molecule has 0 radical (unpaired) electrons. The predicted octanol–water partition coefficient (Wildman–Crippen LogP) is 5.79. The van der Waals surface area contributed by atoms with Crippen molar-refractivity contribution in [2.24, 2.45) is 0 Å². The second-order valence-electron chi connectivity index (χ2n) is 11.4. The van der Waals surface area contributed by atoms with Gasteiger partial charge in [-0.05, 0) is 106 Å². The fourth-order valence-corrected chi connectivity index (χ4v) is 10.9. The lowest BCUT2D eigenvalue weighted by molar-refractivity contribution is -0.416. The van der Waals surface area contributed by atoms with Gasteiger partial charge in [-0.25, -0.2) is 0 Å². The van der Waals surface area contributed by atoms with Crippen molar-refractivity contribution in [3.05, 3.63) is 100 Å². The van der Waals surface area contributed by atoms with E-state index in [1.807, 2.05) is 19.9 Å². The van der Waals surface area contributed by atoms with Gasteiger partial charge in [0.05, 0.1) is 22.1 Å². The Hall–Kier alpha value is -1.21. The smallest absolute Gasteiger partial charge is 0.326 e. The van der Waals surface area contributed by atoms with Crippen LogP contribution >= 0.6 is 67.8 Å². The van der Waals surface area contributed by atoms with Crippen molar-refractivity contribution < 1.29 is 43.5 Å². The minimum Gasteiger partial charge on any atom is -0.327 e. The molecule has 0 amide bonds. The van der Waals surface area contributed by atoms with E-state index in [0.29, 0.717) is 22.6 Å². The highest BCUT2D eigenvalue weighted by molar-refractivity contribution is 14.1. The Morgan fingerprint density at radius 3 is 2.04 bits per heavy atom. The molecular weight excluding hydrogens is 997 g/mol. The summed E-state index contributed by atoms with van der Waals surface area (Å²) in [5, 5.41) is 0. The zero-order chi connectivity index (χ0) is 34.5. The second-order valence-corrected chi connectivity index (χ2v) is 19.0. The van der Waals surface area contributed by atoms with Crippen molar-refractivity contribution in [3.63, 3.8) is 0 Å². The van der Waals surface area contributed by atoms with Gasteiger partial charge in [0.25, 0.3) is 26.1 Å². The molecule has 11 nitrogen and oxygen atoms in total. The molecule has 0 bridgehead atoms. The van der Waals surface area contributed by atoms with Gasteiger partial charge in [-0.3, -0.25) is 13.7 Å². The van der Waals surface area contributed by atoms with E-state index in [9.17, 15) is 38.9 Å². The van der Waals surface area contributed by atoms with Crippen LogP contribution in [0.5, 0.6) is 0 Å². The maximum Gasteiger partial charge on any atom is 0.326 e. The molecule has 2 heterocycles. The molecule has 1 unspecified atom stereocenters. The van der Waals surface area contributed by atoms with Crippen LogP contribution in [0.2, 0.25) is 0 Å². The lowest BCUT2D eigenvalue weighted by Gasteiger charge is -2.28. The molecule has 0 aliphatic carbocycles. The Morgan fingerprint density at radius 2 is 1.43 bits per heavy atom. The minimum absolute atomic E-state index is 0.241. The SMILES string of the molecule is CC1(C)C(/C=C/C=C/C=C/C=C2\N(CS(=O)(=O)O)c3ccccc3C2(C)CS(=O)(=O)O)=[N+](CS(=O)(=O)O)c2cc(I)c(I)c(I)c21. The van der Waals surface area contributed by atoms with Gasteiger partial charge in [0.2, 0.25) is 5.69 Å². The number of para-hydroxylation sites is 1. The summed E-state index contributed by atoms with van der Waals surface area (Å²) in [5.41, 5.74) is 1.50. The third-order valence-corrected chi connectivity index (χ3v) is 14.9. The molecule has 2 aromatic rings. The molecule has 0 fully saturated rings. The van der Waals surface area contributed by atoms with Crippen LogP contribution in [0.4, 0.5) is 11.4 Å². The number of allylic oxidation sites excluding steroid dienone is 8. The highest BCUT2D eigenvalue weighted by atomic mass is 127. The molecule has 17 heteroatoms. The van der Waals surface area contributed by atoms with Crippen LogP contribution in [0.15, 0.2) is 78.6 Å². The van der Waals surface area contributed by atoms with Crippen LogP contribution in [0.25, 0.3) is 0 Å². The Morgan fingerprint density at radius 1 is 0.826 bits per heavy atom. The molecule has 0 saturated heterocycles. The molecule has 46 heavy (non-hydrogen) atoms. The summed E-state index contributed by atoms with van der Waals surface area (Å²) >= 11 is 6.71. The maximum absolute atomic E-state index is 12.0. The van der Waals surface area contributed by atoms with Crippen molar-refractivity contribution in [1.29, 1.82) is 0 Å². The van der Waals surface area contributed by atoms with Crippen molar-refractivity contribution in [2.45, 2.75) is 31.6 Å². The number of fused-ring (bicyclic) bond motifs is 2. The first-order valence-corrected chi connectivity index (χ1v) is 21.4. The first kappa shape index (κ1) is 37.6. The summed E-state index contributed by atoms with van der Waals surface area (Å²) in [4.78, 5) is 1.30. The summed E-state index contributed by atoms with van der Waals surface area (Å²) < 4.78 is 106.